The van der Waals surface area contributed by atoms with E-state index in [4.69, 9.17) is 11.6 Å². The van der Waals surface area contributed by atoms with E-state index in [9.17, 15) is 18.4 Å². The number of anilines is 1. The molecule has 0 aliphatic carbocycles. The number of nitrogens with one attached hydrogen (secondary N) is 1. The van der Waals surface area contributed by atoms with Crippen LogP contribution in [0, 0.1) is 11.6 Å². The zero-order valence-corrected chi connectivity index (χ0v) is 15.0. The van der Waals surface area contributed by atoms with Crippen molar-refractivity contribution in [2.75, 3.05) is 24.5 Å². The Morgan fingerprint density at radius 1 is 1.07 bits per heavy atom. The standard InChI is InChI=1S/C19H16ClF2N3O2/c20-13-3-1-12(2-4-13)8-25-17(26)9-24(18(27)19(25)10-23-11-19)16-6-5-14(21)7-15(16)22/h1-7,23H,8-11H2. The molecule has 0 unspecified atom stereocenters. The highest BCUT2D eigenvalue weighted by Gasteiger charge is 2.56. The largest absolute Gasteiger partial charge is 0.320 e. The third kappa shape index (κ3) is 2.96. The van der Waals surface area contributed by atoms with E-state index in [2.05, 4.69) is 5.32 Å². The summed E-state index contributed by atoms with van der Waals surface area (Å²) in [6.45, 7) is 0.523. The summed E-state index contributed by atoms with van der Waals surface area (Å²) in [6.07, 6.45) is 0. The first-order chi connectivity index (χ1) is 12.9. The molecule has 0 atom stereocenters. The molecular weight excluding hydrogens is 376 g/mol. The Labute approximate surface area is 159 Å². The lowest BCUT2D eigenvalue weighted by Crippen LogP contribution is -2.80. The predicted molar refractivity (Wildman–Crippen MR) is 96.3 cm³/mol. The number of nitrogens with zero attached hydrogens (tertiary/aromatic N) is 2. The van der Waals surface area contributed by atoms with Gasteiger partial charge in [-0.15, -0.1) is 0 Å². The molecule has 27 heavy (non-hydrogen) atoms. The maximum Gasteiger partial charge on any atom is 0.256 e. The van der Waals surface area contributed by atoms with E-state index in [-0.39, 0.29) is 43.7 Å². The summed E-state index contributed by atoms with van der Waals surface area (Å²) in [6, 6.07) is 10.0. The fourth-order valence-electron chi connectivity index (χ4n) is 3.51. The second kappa shape index (κ2) is 6.58. The van der Waals surface area contributed by atoms with Crippen LogP contribution in [0.4, 0.5) is 14.5 Å². The molecule has 2 saturated heterocycles. The number of piperazine rings is 1. The van der Waals surface area contributed by atoms with Gasteiger partial charge in [0, 0.05) is 30.7 Å². The third-order valence-electron chi connectivity index (χ3n) is 5.04. The van der Waals surface area contributed by atoms with E-state index < -0.39 is 17.2 Å². The fraction of sp³-hybridized carbons (Fsp3) is 0.263. The second-order valence-corrected chi connectivity index (χ2v) is 7.16. The summed E-state index contributed by atoms with van der Waals surface area (Å²) in [5, 5.41) is 3.61. The SMILES string of the molecule is O=C1CN(c2ccc(F)cc2F)C(=O)C2(CNC2)N1Cc1ccc(Cl)cc1. The predicted octanol–water partition coefficient (Wildman–Crippen LogP) is 2.34. The van der Waals surface area contributed by atoms with E-state index in [1.807, 2.05) is 0 Å². The van der Waals surface area contributed by atoms with Gasteiger partial charge in [-0.1, -0.05) is 23.7 Å². The monoisotopic (exact) mass is 391 g/mol. The first-order valence-electron chi connectivity index (χ1n) is 8.43. The molecule has 2 aliphatic heterocycles. The number of hydrogen-bond donors (Lipinski definition) is 1. The minimum absolute atomic E-state index is 0.0906. The summed E-state index contributed by atoms with van der Waals surface area (Å²) >= 11 is 5.90. The highest BCUT2D eigenvalue weighted by molar-refractivity contribution is 6.30. The van der Waals surface area contributed by atoms with Crippen LogP contribution in [0.5, 0.6) is 0 Å². The van der Waals surface area contributed by atoms with Crippen LogP contribution in [0.25, 0.3) is 0 Å². The van der Waals surface area contributed by atoms with Gasteiger partial charge in [0.15, 0.2) is 0 Å². The van der Waals surface area contributed by atoms with E-state index in [0.717, 1.165) is 16.5 Å². The topological polar surface area (TPSA) is 52.7 Å². The van der Waals surface area contributed by atoms with Gasteiger partial charge in [0.1, 0.15) is 23.7 Å². The molecule has 2 aliphatic rings. The van der Waals surface area contributed by atoms with Crippen molar-refractivity contribution in [3.63, 3.8) is 0 Å². The van der Waals surface area contributed by atoms with Gasteiger partial charge in [0.25, 0.3) is 5.91 Å². The van der Waals surface area contributed by atoms with E-state index >= 15 is 0 Å². The Morgan fingerprint density at radius 2 is 1.78 bits per heavy atom. The van der Waals surface area contributed by atoms with Crippen molar-refractivity contribution < 1.29 is 18.4 Å². The van der Waals surface area contributed by atoms with E-state index in [1.54, 1.807) is 24.3 Å². The van der Waals surface area contributed by atoms with Crippen LogP contribution < -0.4 is 10.2 Å². The number of carbonyl (C=O) groups excluding carboxylic acids is 2. The van der Waals surface area contributed by atoms with Gasteiger partial charge in [-0.3, -0.25) is 14.5 Å². The molecule has 0 bridgehead atoms. The van der Waals surface area contributed by atoms with Crippen LogP contribution >= 0.6 is 11.6 Å². The summed E-state index contributed by atoms with van der Waals surface area (Å²) < 4.78 is 27.4. The van der Waals surface area contributed by atoms with Crippen LogP contribution in [0.3, 0.4) is 0 Å². The minimum atomic E-state index is -1.07. The lowest BCUT2D eigenvalue weighted by Gasteiger charge is -2.54. The molecule has 2 amide bonds. The number of amides is 2. The van der Waals surface area contributed by atoms with Crippen LogP contribution in [0.1, 0.15) is 5.56 Å². The van der Waals surface area contributed by atoms with Crippen molar-refractivity contribution in [1.29, 1.82) is 0 Å². The van der Waals surface area contributed by atoms with Crippen LogP contribution in [0.2, 0.25) is 5.02 Å². The molecule has 0 radical (unpaired) electrons. The van der Waals surface area contributed by atoms with Crippen molar-refractivity contribution in [3.8, 4) is 0 Å². The Bertz CT molecular complexity index is 916. The Balaban J connectivity index is 1.66. The van der Waals surface area contributed by atoms with Crippen molar-refractivity contribution in [2.24, 2.45) is 0 Å². The van der Waals surface area contributed by atoms with Gasteiger partial charge in [0.05, 0.1) is 5.69 Å². The molecule has 1 N–H and O–H groups in total. The number of carbonyl (C=O) groups is 2. The van der Waals surface area contributed by atoms with E-state index in [0.29, 0.717) is 11.1 Å². The highest BCUT2D eigenvalue weighted by atomic mass is 35.5. The first-order valence-corrected chi connectivity index (χ1v) is 8.81. The van der Waals surface area contributed by atoms with Gasteiger partial charge in [-0.25, -0.2) is 8.78 Å². The third-order valence-corrected chi connectivity index (χ3v) is 5.30. The average Bonchev–Trinajstić information content (AvgIpc) is 2.59. The molecule has 2 fully saturated rings. The van der Waals surface area contributed by atoms with Crippen molar-refractivity contribution in [2.45, 2.75) is 12.1 Å². The number of rotatable bonds is 3. The average molecular weight is 392 g/mol. The molecule has 0 aromatic heterocycles. The van der Waals surface area contributed by atoms with Crippen LogP contribution in [-0.2, 0) is 16.1 Å². The Hall–Kier alpha value is -2.51. The van der Waals surface area contributed by atoms with Gasteiger partial charge in [-0.05, 0) is 29.8 Å². The summed E-state index contributed by atoms with van der Waals surface area (Å²) in [5.41, 5.74) is -0.323. The summed E-state index contributed by atoms with van der Waals surface area (Å²) in [5.74, 6) is -2.28. The van der Waals surface area contributed by atoms with Crippen LogP contribution in [-0.4, -0.2) is 41.9 Å². The molecule has 2 heterocycles. The van der Waals surface area contributed by atoms with Crippen LogP contribution in [0.15, 0.2) is 42.5 Å². The lowest BCUT2D eigenvalue weighted by molar-refractivity contribution is -0.155. The smallest absolute Gasteiger partial charge is 0.256 e. The molecular formula is C19H16ClF2N3O2. The minimum Gasteiger partial charge on any atom is -0.320 e. The maximum atomic E-state index is 14.2. The van der Waals surface area contributed by atoms with Gasteiger partial charge in [-0.2, -0.15) is 0 Å². The quantitative estimate of drug-likeness (QED) is 0.873. The molecule has 4 rings (SSSR count). The van der Waals surface area contributed by atoms with Gasteiger partial charge < -0.3 is 10.2 Å². The van der Waals surface area contributed by atoms with Crippen molar-refractivity contribution >= 4 is 29.1 Å². The molecule has 5 nitrogen and oxygen atoms in total. The van der Waals surface area contributed by atoms with Gasteiger partial charge in [0.2, 0.25) is 5.91 Å². The molecule has 2 aromatic carbocycles. The first kappa shape index (κ1) is 17.9. The summed E-state index contributed by atoms with van der Waals surface area (Å²) in [7, 11) is 0. The normalized spacial score (nSPS) is 18.8. The molecule has 8 heteroatoms. The lowest BCUT2D eigenvalue weighted by atomic mass is 9.85. The number of benzene rings is 2. The number of hydrogen-bond acceptors (Lipinski definition) is 3. The Morgan fingerprint density at radius 3 is 2.37 bits per heavy atom. The van der Waals surface area contributed by atoms with E-state index in [1.165, 1.54) is 11.0 Å². The highest BCUT2D eigenvalue weighted by Crippen LogP contribution is 2.33. The fourth-order valence-corrected chi connectivity index (χ4v) is 3.63. The zero-order valence-electron chi connectivity index (χ0n) is 14.2. The molecule has 0 saturated carbocycles. The molecule has 2 aromatic rings. The molecule has 140 valence electrons. The second-order valence-electron chi connectivity index (χ2n) is 6.73. The van der Waals surface area contributed by atoms with Gasteiger partial charge >= 0.3 is 0 Å². The number of halogens is 3. The zero-order chi connectivity index (χ0) is 19.2. The summed E-state index contributed by atoms with van der Waals surface area (Å²) in [4.78, 5) is 28.7. The maximum absolute atomic E-state index is 14.2. The Kier molecular flexibility index (Phi) is 4.36. The van der Waals surface area contributed by atoms with Crippen molar-refractivity contribution in [1.82, 2.24) is 10.2 Å². The van der Waals surface area contributed by atoms with Crippen molar-refractivity contribution in [3.05, 3.63) is 64.7 Å². The molecule has 1 spiro atoms.